The van der Waals surface area contributed by atoms with E-state index in [9.17, 15) is 9.59 Å². The molecule has 0 aromatic rings. The summed E-state index contributed by atoms with van der Waals surface area (Å²) in [6.07, 6.45) is -3.13. The molecule has 0 aromatic carbocycles. The van der Waals surface area contributed by atoms with Crippen molar-refractivity contribution in [3.8, 4) is 0 Å². The summed E-state index contributed by atoms with van der Waals surface area (Å²) in [6.45, 7) is 0. The van der Waals surface area contributed by atoms with Gasteiger partial charge in [0.05, 0.1) is 11.8 Å². The quantitative estimate of drug-likeness (QED) is 0.353. The number of aliphatic carboxylic acids is 2. The Morgan fingerprint density at radius 3 is 1.64 bits per heavy atom. The Kier molecular flexibility index (Phi) is 3.04. The summed E-state index contributed by atoms with van der Waals surface area (Å²) in [4.78, 5) is 21.1. The van der Waals surface area contributed by atoms with E-state index >= 15 is 0 Å². The predicted molar refractivity (Wildman–Crippen MR) is 42.0 cm³/mol. The van der Waals surface area contributed by atoms with E-state index in [-0.39, 0.29) is 6.42 Å². The van der Waals surface area contributed by atoms with Crippen LogP contribution in [0, 0.1) is 11.8 Å². The first-order valence-corrected chi connectivity index (χ1v) is 4.01. The van der Waals surface area contributed by atoms with Crippen LogP contribution in [0.15, 0.2) is 0 Å². The highest BCUT2D eigenvalue weighted by Gasteiger charge is 2.42. The van der Waals surface area contributed by atoms with Crippen LogP contribution in [0.4, 0.5) is 0 Å². The molecule has 1 heterocycles. The van der Waals surface area contributed by atoms with Crippen LogP contribution in [0.25, 0.3) is 0 Å². The summed E-state index contributed by atoms with van der Waals surface area (Å²) in [5, 5.41) is 37.7. The number of rotatable bonds is 2. The first-order valence-electron chi connectivity index (χ1n) is 4.01. The number of hydrogen-bond acceptors (Lipinski definition) is 5. The Morgan fingerprint density at radius 1 is 1.00 bits per heavy atom. The topological polar surface area (TPSA) is 127 Å². The van der Waals surface area contributed by atoms with Gasteiger partial charge in [0, 0.05) is 0 Å². The van der Waals surface area contributed by atoms with Crippen LogP contribution in [0.1, 0.15) is 6.42 Å². The first-order chi connectivity index (χ1) is 6.43. The lowest BCUT2D eigenvalue weighted by Gasteiger charge is -2.33. The maximum atomic E-state index is 10.6. The van der Waals surface area contributed by atoms with Gasteiger partial charge in [-0.25, -0.2) is 0 Å². The molecule has 7 nitrogen and oxygen atoms in total. The lowest BCUT2D eigenvalue weighted by molar-refractivity contribution is -0.163. The minimum Gasteiger partial charge on any atom is -0.481 e. The van der Waals surface area contributed by atoms with Gasteiger partial charge in [0.15, 0.2) is 0 Å². The van der Waals surface area contributed by atoms with E-state index in [2.05, 4.69) is 5.32 Å². The van der Waals surface area contributed by atoms with Crippen molar-refractivity contribution in [1.82, 2.24) is 5.32 Å². The van der Waals surface area contributed by atoms with Gasteiger partial charge >= 0.3 is 11.9 Å². The highest BCUT2D eigenvalue weighted by molar-refractivity contribution is 5.75. The van der Waals surface area contributed by atoms with Gasteiger partial charge in [0.2, 0.25) is 0 Å². The number of nitrogens with one attached hydrogen (secondary N) is 1. The average Bonchev–Trinajstić information content (AvgIpc) is 2.02. The molecule has 1 saturated heterocycles. The largest absolute Gasteiger partial charge is 0.481 e. The molecule has 0 bridgehead atoms. The predicted octanol–water partition coefficient (Wildman–Crippen LogP) is -1.98. The van der Waals surface area contributed by atoms with E-state index < -0.39 is 36.2 Å². The van der Waals surface area contributed by atoms with Crippen molar-refractivity contribution < 1.29 is 30.0 Å². The second-order valence-electron chi connectivity index (χ2n) is 3.18. The zero-order chi connectivity index (χ0) is 10.9. The highest BCUT2D eigenvalue weighted by Crippen LogP contribution is 2.23. The van der Waals surface area contributed by atoms with E-state index in [1.54, 1.807) is 0 Å². The molecule has 1 fully saturated rings. The summed E-state index contributed by atoms with van der Waals surface area (Å²) < 4.78 is 0. The van der Waals surface area contributed by atoms with Gasteiger partial charge in [-0.3, -0.25) is 14.9 Å². The van der Waals surface area contributed by atoms with E-state index in [1.165, 1.54) is 0 Å². The average molecular weight is 205 g/mol. The van der Waals surface area contributed by atoms with Crippen molar-refractivity contribution in [3.05, 3.63) is 0 Å². The third kappa shape index (κ3) is 2.00. The van der Waals surface area contributed by atoms with Crippen LogP contribution in [0.5, 0.6) is 0 Å². The molecular formula is C7H11NO6. The van der Waals surface area contributed by atoms with Gasteiger partial charge in [-0.2, -0.15) is 0 Å². The fraction of sp³-hybridized carbons (Fsp3) is 0.714. The second kappa shape index (κ2) is 3.91. The van der Waals surface area contributed by atoms with E-state index in [1.807, 2.05) is 0 Å². The van der Waals surface area contributed by atoms with Crippen LogP contribution >= 0.6 is 0 Å². The van der Waals surface area contributed by atoms with Crippen molar-refractivity contribution in [1.29, 1.82) is 0 Å². The van der Waals surface area contributed by atoms with Gasteiger partial charge in [-0.1, -0.05) is 0 Å². The zero-order valence-electron chi connectivity index (χ0n) is 7.12. The number of carbonyl (C=O) groups is 2. The Labute approximate surface area is 79.0 Å². The van der Waals surface area contributed by atoms with Crippen LogP contribution in [-0.4, -0.2) is 44.8 Å². The van der Waals surface area contributed by atoms with Crippen molar-refractivity contribution in [2.75, 3.05) is 0 Å². The normalized spacial score (nSPS) is 37.9. The number of hydrogen-bond donors (Lipinski definition) is 5. The molecule has 1 aliphatic heterocycles. The summed E-state index contributed by atoms with van der Waals surface area (Å²) >= 11 is 0. The number of aliphatic hydroxyl groups is 2. The highest BCUT2D eigenvalue weighted by atomic mass is 16.4. The molecule has 0 radical (unpaired) electrons. The number of piperidine rings is 1. The minimum absolute atomic E-state index is 0.292. The van der Waals surface area contributed by atoms with Crippen LogP contribution in [-0.2, 0) is 9.59 Å². The molecule has 0 aromatic heterocycles. The summed E-state index contributed by atoms with van der Waals surface area (Å²) in [5.74, 6) is -5.00. The van der Waals surface area contributed by atoms with Crippen molar-refractivity contribution >= 4 is 11.9 Å². The molecule has 0 spiro atoms. The summed E-state index contributed by atoms with van der Waals surface area (Å²) in [6, 6.07) is 0. The lowest BCUT2D eigenvalue weighted by Crippen LogP contribution is -2.56. The molecule has 7 heteroatoms. The molecule has 5 N–H and O–H groups in total. The molecule has 14 heavy (non-hydrogen) atoms. The summed E-state index contributed by atoms with van der Waals surface area (Å²) in [7, 11) is 0. The Hall–Kier alpha value is -1.18. The number of carboxylic acid groups (broad SMARTS) is 2. The number of carboxylic acids is 2. The Bertz CT molecular complexity index is 231. The van der Waals surface area contributed by atoms with Crippen molar-refractivity contribution in [2.45, 2.75) is 18.9 Å². The van der Waals surface area contributed by atoms with E-state index in [0.717, 1.165) is 0 Å². The fourth-order valence-electron chi connectivity index (χ4n) is 1.41. The van der Waals surface area contributed by atoms with Gasteiger partial charge in [0.25, 0.3) is 0 Å². The van der Waals surface area contributed by atoms with Gasteiger partial charge in [-0.05, 0) is 6.42 Å². The Balaban J connectivity index is 2.75. The smallest absolute Gasteiger partial charge is 0.310 e. The van der Waals surface area contributed by atoms with E-state index in [4.69, 9.17) is 20.4 Å². The molecule has 1 aliphatic rings. The lowest BCUT2D eigenvalue weighted by atomic mass is 9.88. The monoisotopic (exact) mass is 205 g/mol. The maximum absolute atomic E-state index is 10.6. The fourth-order valence-corrected chi connectivity index (χ4v) is 1.41. The van der Waals surface area contributed by atoms with Gasteiger partial charge < -0.3 is 20.4 Å². The van der Waals surface area contributed by atoms with Gasteiger partial charge in [-0.15, -0.1) is 0 Å². The molecule has 0 aliphatic carbocycles. The third-order valence-electron chi connectivity index (χ3n) is 2.25. The SMILES string of the molecule is O=C(O)C1CC(C(=O)O)C(O)NC1O. The summed E-state index contributed by atoms with van der Waals surface area (Å²) in [5.41, 5.74) is 0. The molecule has 1 rings (SSSR count). The second-order valence-corrected chi connectivity index (χ2v) is 3.18. The molecule has 4 unspecified atom stereocenters. The van der Waals surface area contributed by atoms with Crippen molar-refractivity contribution in [2.24, 2.45) is 11.8 Å². The van der Waals surface area contributed by atoms with E-state index in [0.29, 0.717) is 0 Å². The van der Waals surface area contributed by atoms with Gasteiger partial charge in [0.1, 0.15) is 12.5 Å². The standard InChI is InChI=1S/C7H11NO6/c9-4-2(6(11)12)1-3(7(13)14)5(10)8-4/h2-5,8-10H,1H2,(H,11,12)(H,13,14). The van der Waals surface area contributed by atoms with Crippen LogP contribution in [0.2, 0.25) is 0 Å². The molecule has 4 atom stereocenters. The minimum atomic E-state index is -1.42. The maximum Gasteiger partial charge on any atom is 0.310 e. The zero-order valence-corrected chi connectivity index (χ0v) is 7.12. The third-order valence-corrected chi connectivity index (χ3v) is 2.25. The first kappa shape index (κ1) is 10.9. The molecule has 80 valence electrons. The van der Waals surface area contributed by atoms with Crippen molar-refractivity contribution in [3.63, 3.8) is 0 Å². The van der Waals surface area contributed by atoms with Crippen LogP contribution in [0.3, 0.4) is 0 Å². The number of aliphatic hydroxyl groups excluding tert-OH is 2. The Morgan fingerprint density at radius 2 is 1.36 bits per heavy atom. The molecule has 0 amide bonds. The molecular weight excluding hydrogens is 194 g/mol. The molecule has 0 saturated carbocycles. The van der Waals surface area contributed by atoms with Crippen LogP contribution < -0.4 is 5.32 Å².